The molecule has 0 saturated carbocycles. The summed E-state index contributed by atoms with van der Waals surface area (Å²) in [6.45, 7) is 26.4. The molecular formula is C31H50FNO6. The van der Waals surface area contributed by atoms with E-state index in [2.05, 4.69) is 32.3 Å². The Morgan fingerprint density at radius 3 is 1.77 bits per heavy atom. The van der Waals surface area contributed by atoms with Crippen molar-refractivity contribution in [3.63, 3.8) is 0 Å². The summed E-state index contributed by atoms with van der Waals surface area (Å²) < 4.78 is 13.3. The molecule has 8 heteroatoms. The van der Waals surface area contributed by atoms with Gasteiger partial charge >= 0.3 is 5.97 Å². The monoisotopic (exact) mass is 551 g/mol. The highest BCUT2D eigenvalue weighted by atomic mass is 19.1. The fraction of sp³-hybridized carbons (Fsp3) is 0.484. The molecule has 0 radical (unpaired) electrons. The van der Waals surface area contributed by atoms with Crippen LogP contribution in [0.5, 0.6) is 0 Å². The Hall–Kier alpha value is -3.23. The number of halogens is 1. The molecule has 1 aromatic carbocycles. The molecule has 0 saturated heterocycles. The van der Waals surface area contributed by atoms with Crippen molar-refractivity contribution < 1.29 is 34.1 Å². The topological polar surface area (TPSA) is 124 Å². The van der Waals surface area contributed by atoms with E-state index in [0.717, 1.165) is 17.3 Å². The molecule has 1 aromatic rings. The number of aliphatic carboxylic acids is 1. The Bertz CT molecular complexity index is 880. The highest BCUT2D eigenvalue weighted by Crippen LogP contribution is 2.30. The minimum atomic E-state index is -1.15. The van der Waals surface area contributed by atoms with Gasteiger partial charge in [-0.1, -0.05) is 79.3 Å². The number of nitrogens with zero attached hydrogens (tertiary/aromatic N) is 1. The summed E-state index contributed by atoms with van der Waals surface area (Å²) in [6, 6.07) is 5.95. The normalized spacial score (nSPS) is 12.1. The van der Waals surface area contributed by atoms with Gasteiger partial charge in [-0.25, -0.2) is 4.39 Å². The van der Waals surface area contributed by atoms with E-state index in [1.54, 1.807) is 18.2 Å². The zero-order valence-electron chi connectivity index (χ0n) is 25.2. The maximum absolute atomic E-state index is 13.3. The van der Waals surface area contributed by atoms with Crippen LogP contribution < -0.4 is 0 Å². The predicted octanol–water partition coefficient (Wildman–Crippen LogP) is 6.69. The van der Waals surface area contributed by atoms with Gasteiger partial charge in [0.15, 0.2) is 0 Å². The van der Waals surface area contributed by atoms with E-state index in [4.69, 9.17) is 14.7 Å². The zero-order valence-corrected chi connectivity index (χ0v) is 25.2. The molecule has 0 aromatic heterocycles. The Balaban J connectivity index is -0.000000537. The maximum Gasteiger partial charge on any atom is 0.305 e. The van der Waals surface area contributed by atoms with Crippen LogP contribution in [-0.4, -0.2) is 52.8 Å². The number of hydrogen-bond donors (Lipinski definition) is 3. The molecule has 1 rings (SSSR count). The van der Waals surface area contributed by atoms with Crippen LogP contribution in [0.25, 0.3) is 5.57 Å². The molecule has 2 unspecified atom stereocenters. The molecular weight excluding hydrogens is 501 g/mol. The summed E-state index contributed by atoms with van der Waals surface area (Å²) in [5, 5.41) is 28.6. The van der Waals surface area contributed by atoms with Crippen LogP contribution in [0.4, 0.5) is 4.39 Å². The van der Waals surface area contributed by atoms with Crippen LogP contribution in [0.15, 0.2) is 59.3 Å². The molecule has 3 N–H and O–H groups in total. The summed E-state index contributed by atoms with van der Waals surface area (Å²) in [4.78, 5) is 31.3. The van der Waals surface area contributed by atoms with Crippen molar-refractivity contribution in [2.75, 3.05) is 0 Å². The van der Waals surface area contributed by atoms with E-state index in [-0.39, 0.29) is 18.2 Å². The lowest BCUT2D eigenvalue weighted by molar-refractivity contribution is -0.139. The first-order valence-electron chi connectivity index (χ1n) is 12.8. The average Bonchev–Trinajstić information content (AvgIpc) is 2.86. The quantitative estimate of drug-likeness (QED) is 0.220. The highest BCUT2D eigenvalue weighted by Gasteiger charge is 2.16. The number of carbonyl (C=O) groups excluding carboxylic acids is 2. The molecule has 0 aliphatic carbocycles. The Morgan fingerprint density at radius 2 is 1.41 bits per heavy atom. The fourth-order valence-electron chi connectivity index (χ4n) is 2.74. The lowest BCUT2D eigenvalue weighted by atomic mass is 9.93. The maximum atomic E-state index is 13.3. The van der Waals surface area contributed by atoms with Crippen LogP contribution >= 0.6 is 0 Å². The largest absolute Gasteiger partial charge is 0.481 e. The Kier molecular flexibility index (Phi) is 29.0. The standard InChI is InChI=1S/C23H30FNO4.C4H10.C2H6.2CH2O/c1-14(2)23(25-15(3)4)21(16(5)17-6-8-18(24)9-7-17)11-10-19(26)12-20(27)13-22(28)29;1-4(2)3;3*1-2/h6-11,14,19-20,26-27H,5,12-13H2,1-4H3,(H,28,29);4H,1-3H3;1-2H3;2*1H2/b11-10+,23-21-;;;;. The molecule has 0 aliphatic rings. The number of aliphatic imine (C=N–C) groups is 1. The van der Waals surface area contributed by atoms with Crippen molar-refractivity contribution in [3.8, 4) is 0 Å². The summed E-state index contributed by atoms with van der Waals surface area (Å²) in [5.74, 6) is -0.595. The van der Waals surface area contributed by atoms with E-state index in [9.17, 15) is 19.4 Å². The SMILES string of the molecule is C=C(C(/C=C/C(O)CC(O)CC(=O)O)=C(\N=C(C)C)C(C)C)c1ccc(F)cc1.C=O.C=O.CC.CC(C)C. The lowest BCUT2D eigenvalue weighted by Gasteiger charge is -2.17. The van der Waals surface area contributed by atoms with Crippen LogP contribution in [0, 0.1) is 17.7 Å². The van der Waals surface area contributed by atoms with Crippen molar-refractivity contribution in [2.24, 2.45) is 16.8 Å². The molecule has 2 atom stereocenters. The van der Waals surface area contributed by atoms with Gasteiger partial charge in [0.05, 0.1) is 24.3 Å². The van der Waals surface area contributed by atoms with Crippen LogP contribution in [0.3, 0.4) is 0 Å². The molecule has 0 aliphatic heterocycles. The number of rotatable bonds is 10. The van der Waals surface area contributed by atoms with Gasteiger partial charge in [-0.3, -0.25) is 9.79 Å². The Labute approximate surface area is 234 Å². The third kappa shape index (κ3) is 23.6. The van der Waals surface area contributed by atoms with Gasteiger partial charge < -0.3 is 24.9 Å². The zero-order chi connectivity index (χ0) is 31.7. The van der Waals surface area contributed by atoms with Crippen molar-refractivity contribution >= 4 is 30.8 Å². The van der Waals surface area contributed by atoms with Gasteiger partial charge in [0, 0.05) is 17.7 Å². The number of carbonyl (C=O) groups is 3. The second-order valence-corrected chi connectivity index (χ2v) is 9.14. The Morgan fingerprint density at radius 1 is 0.974 bits per heavy atom. The molecule has 222 valence electrons. The van der Waals surface area contributed by atoms with E-state index < -0.39 is 24.6 Å². The molecule has 0 heterocycles. The number of aliphatic hydroxyl groups is 2. The van der Waals surface area contributed by atoms with Crippen LogP contribution in [0.2, 0.25) is 0 Å². The summed E-state index contributed by atoms with van der Waals surface area (Å²) >= 11 is 0. The molecule has 0 fully saturated rings. The molecule has 0 bridgehead atoms. The van der Waals surface area contributed by atoms with Crippen LogP contribution in [0.1, 0.15) is 80.7 Å². The summed E-state index contributed by atoms with van der Waals surface area (Å²) in [5.41, 5.74) is 3.62. The molecule has 0 spiro atoms. The van der Waals surface area contributed by atoms with Gasteiger partial charge in [0.25, 0.3) is 0 Å². The average molecular weight is 552 g/mol. The first kappa shape index (κ1) is 42.8. The predicted molar refractivity (Wildman–Crippen MR) is 160 cm³/mol. The van der Waals surface area contributed by atoms with E-state index in [1.807, 2.05) is 55.1 Å². The van der Waals surface area contributed by atoms with Crippen molar-refractivity contribution in [1.29, 1.82) is 0 Å². The number of hydrogen-bond acceptors (Lipinski definition) is 6. The van der Waals surface area contributed by atoms with E-state index in [1.165, 1.54) is 18.2 Å². The van der Waals surface area contributed by atoms with Crippen molar-refractivity contribution in [3.05, 3.63) is 65.6 Å². The van der Waals surface area contributed by atoms with Crippen molar-refractivity contribution in [2.45, 2.75) is 87.4 Å². The van der Waals surface area contributed by atoms with E-state index >= 15 is 0 Å². The number of aliphatic hydroxyl groups excluding tert-OH is 2. The van der Waals surface area contributed by atoms with Gasteiger partial charge in [-0.15, -0.1) is 0 Å². The first-order chi connectivity index (χ1) is 18.2. The number of benzene rings is 1. The third-order valence-electron chi connectivity index (χ3n) is 4.09. The molecule has 0 amide bonds. The first-order valence-corrected chi connectivity index (χ1v) is 12.8. The second kappa shape index (κ2) is 26.4. The number of carboxylic acids is 1. The minimum Gasteiger partial charge on any atom is -0.481 e. The van der Waals surface area contributed by atoms with Gasteiger partial charge in [0.1, 0.15) is 19.4 Å². The lowest BCUT2D eigenvalue weighted by Crippen LogP contribution is -2.19. The van der Waals surface area contributed by atoms with Gasteiger partial charge in [-0.2, -0.15) is 0 Å². The van der Waals surface area contributed by atoms with Crippen LogP contribution in [-0.2, 0) is 14.4 Å². The molecule has 39 heavy (non-hydrogen) atoms. The summed E-state index contributed by atoms with van der Waals surface area (Å²) in [7, 11) is 0. The van der Waals surface area contributed by atoms with E-state index in [0.29, 0.717) is 16.7 Å². The minimum absolute atomic E-state index is 0.0523. The second-order valence-electron chi connectivity index (χ2n) is 9.14. The van der Waals surface area contributed by atoms with Gasteiger partial charge in [0.2, 0.25) is 0 Å². The van der Waals surface area contributed by atoms with Crippen molar-refractivity contribution in [1.82, 2.24) is 0 Å². The highest BCUT2D eigenvalue weighted by molar-refractivity contribution is 5.84. The third-order valence-corrected chi connectivity index (χ3v) is 4.09. The summed E-state index contributed by atoms with van der Waals surface area (Å²) in [6.07, 6.45) is 0.420. The number of carboxylic acid groups (broad SMARTS) is 1. The fourth-order valence-corrected chi connectivity index (χ4v) is 2.74. The smallest absolute Gasteiger partial charge is 0.305 e. The van der Waals surface area contributed by atoms with Gasteiger partial charge in [-0.05, 0) is 49.0 Å². The number of allylic oxidation sites excluding steroid dienone is 4. The molecule has 7 nitrogen and oxygen atoms in total.